The first-order chi connectivity index (χ1) is 12.7. The summed E-state index contributed by atoms with van der Waals surface area (Å²) in [5.74, 6) is 0.612. The molecule has 0 bridgehead atoms. The monoisotopic (exact) mass is 352 g/mol. The van der Waals surface area contributed by atoms with Crippen molar-refractivity contribution in [3.05, 3.63) is 59.7 Å². The largest absolute Gasteiger partial charge is 0.415 e. The van der Waals surface area contributed by atoms with Crippen LogP contribution in [0.15, 0.2) is 48.5 Å². The van der Waals surface area contributed by atoms with Crippen molar-refractivity contribution < 1.29 is 14.3 Å². The molecule has 2 heterocycles. The highest BCUT2D eigenvalue weighted by Gasteiger charge is 2.26. The van der Waals surface area contributed by atoms with E-state index in [1.807, 2.05) is 18.2 Å². The molecular weight excluding hydrogens is 328 g/mol. The predicted molar refractivity (Wildman–Crippen MR) is 101 cm³/mol. The van der Waals surface area contributed by atoms with Gasteiger partial charge in [0.25, 0.3) is 0 Å². The molecule has 1 saturated heterocycles. The van der Waals surface area contributed by atoms with Crippen LogP contribution in [0.4, 0.5) is 10.5 Å². The lowest BCUT2D eigenvalue weighted by atomic mass is 10.1. The normalized spacial score (nSPS) is 18.7. The van der Waals surface area contributed by atoms with E-state index in [1.165, 1.54) is 16.8 Å². The maximum Gasteiger partial charge on any atom is 0.415 e. The van der Waals surface area contributed by atoms with Crippen molar-refractivity contribution >= 4 is 11.8 Å². The first kappa shape index (κ1) is 16.9. The second-order valence-electron chi connectivity index (χ2n) is 6.94. The van der Waals surface area contributed by atoms with Gasteiger partial charge in [-0.05, 0) is 42.2 Å². The molecule has 1 unspecified atom stereocenters. The molecule has 1 fully saturated rings. The van der Waals surface area contributed by atoms with Crippen LogP contribution in [0.2, 0.25) is 0 Å². The van der Waals surface area contributed by atoms with Gasteiger partial charge < -0.3 is 19.3 Å². The van der Waals surface area contributed by atoms with Crippen LogP contribution in [0.3, 0.4) is 0 Å². The molecule has 2 aliphatic heterocycles. The zero-order chi connectivity index (χ0) is 17.9. The van der Waals surface area contributed by atoms with E-state index in [9.17, 15) is 4.79 Å². The Hall–Kier alpha value is -2.53. The number of hydrogen-bond acceptors (Lipinski definition) is 4. The van der Waals surface area contributed by atoms with Gasteiger partial charge in [-0.15, -0.1) is 0 Å². The quantitative estimate of drug-likeness (QED) is 0.845. The van der Waals surface area contributed by atoms with E-state index in [0.29, 0.717) is 19.0 Å². The number of hydrogen-bond donors (Lipinski definition) is 0. The first-order valence-electron chi connectivity index (χ1n) is 9.15. The number of anilines is 1. The number of nitrogens with zero attached hydrogens (tertiary/aromatic N) is 2. The molecule has 2 aromatic rings. The molecule has 2 aromatic carbocycles. The molecule has 0 saturated carbocycles. The summed E-state index contributed by atoms with van der Waals surface area (Å²) in [6, 6.07) is 16.5. The third kappa shape index (κ3) is 3.53. The van der Waals surface area contributed by atoms with Gasteiger partial charge in [-0.3, -0.25) is 0 Å². The van der Waals surface area contributed by atoms with E-state index >= 15 is 0 Å². The number of carbonyl (C=O) groups is 1. The number of ether oxygens (including phenoxy) is 2. The molecule has 26 heavy (non-hydrogen) atoms. The highest BCUT2D eigenvalue weighted by Crippen LogP contribution is 2.32. The van der Waals surface area contributed by atoms with Crippen LogP contribution in [0.5, 0.6) is 5.75 Å². The highest BCUT2D eigenvalue weighted by atomic mass is 16.6. The molecular formula is C21H24N2O3. The maximum absolute atomic E-state index is 12.3. The maximum atomic E-state index is 12.3. The molecule has 4 rings (SSSR count). The minimum Gasteiger partial charge on any atom is -0.410 e. The van der Waals surface area contributed by atoms with Crippen molar-refractivity contribution in [1.82, 2.24) is 4.90 Å². The van der Waals surface area contributed by atoms with Crippen molar-refractivity contribution in [2.75, 3.05) is 31.7 Å². The number of likely N-dealkylation sites (N-methyl/N-ethyl adjacent to an activating group) is 1. The summed E-state index contributed by atoms with van der Waals surface area (Å²) in [5, 5.41) is 0. The fourth-order valence-electron chi connectivity index (χ4n) is 3.63. The van der Waals surface area contributed by atoms with Crippen LogP contribution in [0, 0.1) is 0 Å². The van der Waals surface area contributed by atoms with E-state index < -0.39 is 0 Å². The molecule has 136 valence electrons. The summed E-state index contributed by atoms with van der Waals surface area (Å²) in [7, 11) is 1.77. The fourth-order valence-corrected chi connectivity index (χ4v) is 3.63. The third-order valence-electron chi connectivity index (χ3n) is 5.21. The van der Waals surface area contributed by atoms with E-state index in [0.717, 1.165) is 25.9 Å². The van der Waals surface area contributed by atoms with Gasteiger partial charge in [-0.1, -0.05) is 30.3 Å². The average molecular weight is 352 g/mol. The molecule has 2 aliphatic rings. The fraction of sp³-hybridized carbons (Fsp3) is 0.381. The van der Waals surface area contributed by atoms with Crippen LogP contribution < -0.4 is 9.64 Å². The molecule has 1 amide bonds. The average Bonchev–Trinajstić information content (AvgIpc) is 3.32. The lowest BCUT2D eigenvalue weighted by Crippen LogP contribution is -2.39. The third-order valence-corrected chi connectivity index (χ3v) is 5.21. The van der Waals surface area contributed by atoms with Crippen molar-refractivity contribution in [3.63, 3.8) is 0 Å². The van der Waals surface area contributed by atoms with Crippen LogP contribution in [-0.4, -0.2) is 43.8 Å². The standard InChI is InChI=1S/C21H24N2O3/c1-22(18-10-12-25-15-18)21(24)26-19-7-8-20-17(13-19)9-11-23(20)14-16-5-3-2-4-6-16/h2-8,13,18H,9-12,14-15H2,1H3. The summed E-state index contributed by atoms with van der Waals surface area (Å²) < 4.78 is 10.9. The van der Waals surface area contributed by atoms with Crippen LogP contribution >= 0.6 is 0 Å². The van der Waals surface area contributed by atoms with Gasteiger partial charge in [-0.25, -0.2) is 4.79 Å². The van der Waals surface area contributed by atoms with Crippen molar-refractivity contribution in [2.24, 2.45) is 0 Å². The molecule has 5 nitrogen and oxygen atoms in total. The van der Waals surface area contributed by atoms with Gasteiger partial charge in [-0.2, -0.15) is 0 Å². The van der Waals surface area contributed by atoms with Crippen molar-refractivity contribution in [2.45, 2.75) is 25.4 Å². The first-order valence-corrected chi connectivity index (χ1v) is 9.15. The predicted octanol–water partition coefficient (Wildman–Crippen LogP) is 3.47. The molecule has 0 aromatic heterocycles. The van der Waals surface area contributed by atoms with Gasteiger partial charge in [0.05, 0.1) is 12.6 Å². The summed E-state index contributed by atoms with van der Waals surface area (Å²) in [4.78, 5) is 16.4. The minimum absolute atomic E-state index is 0.110. The van der Waals surface area contributed by atoms with Gasteiger partial charge in [0.15, 0.2) is 0 Å². The van der Waals surface area contributed by atoms with E-state index in [-0.39, 0.29) is 12.1 Å². The van der Waals surface area contributed by atoms with Gasteiger partial charge >= 0.3 is 6.09 Å². The summed E-state index contributed by atoms with van der Waals surface area (Å²) in [6.07, 6.45) is 1.52. The van der Waals surface area contributed by atoms with E-state index in [2.05, 4.69) is 35.2 Å². The Morgan fingerprint density at radius 3 is 2.88 bits per heavy atom. The summed E-state index contributed by atoms with van der Waals surface area (Å²) >= 11 is 0. The van der Waals surface area contributed by atoms with Crippen LogP contribution in [-0.2, 0) is 17.7 Å². The number of fused-ring (bicyclic) bond motifs is 1. The van der Waals surface area contributed by atoms with Crippen molar-refractivity contribution in [1.29, 1.82) is 0 Å². The lowest BCUT2D eigenvalue weighted by Gasteiger charge is -2.22. The second kappa shape index (κ2) is 7.38. The van der Waals surface area contributed by atoms with E-state index in [4.69, 9.17) is 9.47 Å². The Kier molecular flexibility index (Phi) is 4.80. The Morgan fingerprint density at radius 2 is 2.12 bits per heavy atom. The number of rotatable bonds is 4. The Labute approximate surface area is 154 Å². The topological polar surface area (TPSA) is 42.0 Å². The Balaban J connectivity index is 1.42. The Bertz CT molecular complexity index is 772. The highest BCUT2D eigenvalue weighted by molar-refractivity contribution is 5.72. The SMILES string of the molecule is CN(C(=O)Oc1ccc2c(c1)CCN2Cc1ccccc1)C1CCOC1. The van der Waals surface area contributed by atoms with Crippen LogP contribution in [0.25, 0.3) is 0 Å². The molecule has 0 spiro atoms. The minimum atomic E-state index is -0.320. The van der Waals surface area contributed by atoms with Crippen LogP contribution in [0.1, 0.15) is 17.5 Å². The summed E-state index contributed by atoms with van der Waals surface area (Å²) in [6.45, 7) is 3.18. The smallest absolute Gasteiger partial charge is 0.410 e. The molecule has 0 aliphatic carbocycles. The number of benzene rings is 2. The number of carbonyl (C=O) groups excluding carboxylic acids is 1. The lowest BCUT2D eigenvalue weighted by molar-refractivity contribution is 0.131. The Morgan fingerprint density at radius 1 is 1.27 bits per heavy atom. The van der Waals surface area contributed by atoms with E-state index in [1.54, 1.807) is 11.9 Å². The zero-order valence-electron chi connectivity index (χ0n) is 15.1. The van der Waals surface area contributed by atoms with Gasteiger partial charge in [0, 0.05) is 32.4 Å². The zero-order valence-corrected chi connectivity index (χ0v) is 15.1. The number of amides is 1. The molecule has 1 atom stereocenters. The van der Waals surface area contributed by atoms with Crippen molar-refractivity contribution in [3.8, 4) is 5.75 Å². The molecule has 0 N–H and O–H groups in total. The molecule has 0 radical (unpaired) electrons. The summed E-state index contributed by atoms with van der Waals surface area (Å²) in [5.41, 5.74) is 3.76. The molecule has 5 heteroatoms. The second-order valence-corrected chi connectivity index (χ2v) is 6.94. The van der Waals surface area contributed by atoms with Gasteiger partial charge in [0.1, 0.15) is 5.75 Å². The van der Waals surface area contributed by atoms with Gasteiger partial charge in [0.2, 0.25) is 0 Å².